The largest absolute Gasteiger partial charge is 0.328 e. The van der Waals surface area contributed by atoms with Gasteiger partial charge in [-0.3, -0.25) is 4.79 Å². The Labute approximate surface area is 155 Å². The van der Waals surface area contributed by atoms with Gasteiger partial charge in [0.25, 0.3) is 5.91 Å². The first kappa shape index (κ1) is 16.7. The molecule has 0 aliphatic carbocycles. The van der Waals surface area contributed by atoms with Crippen molar-refractivity contribution in [3.63, 3.8) is 0 Å². The van der Waals surface area contributed by atoms with Gasteiger partial charge >= 0.3 is 0 Å². The van der Waals surface area contributed by atoms with E-state index in [9.17, 15) is 4.79 Å². The number of aryl methyl sites for hydroxylation is 1. The van der Waals surface area contributed by atoms with E-state index < -0.39 is 0 Å². The maximum absolute atomic E-state index is 13.2. The van der Waals surface area contributed by atoms with E-state index in [-0.39, 0.29) is 11.9 Å². The van der Waals surface area contributed by atoms with Crippen LogP contribution < -0.4 is 0 Å². The zero-order valence-corrected chi connectivity index (χ0v) is 16.3. The minimum Gasteiger partial charge on any atom is -0.328 e. The van der Waals surface area contributed by atoms with Crippen molar-refractivity contribution < 1.29 is 4.79 Å². The van der Waals surface area contributed by atoms with E-state index in [2.05, 4.69) is 24.9 Å². The number of rotatable bonds is 3. The highest BCUT2D eigenvalue weighted by Crippen LogP contribution is 2.38. The Morgan fingerprint density at radius 1 is 1.24 bits per heavy atom. The molecule has 1 unspecified atom stereocenters. The molecular formula is C19H21N3OS2. The average molecular weight is 372 g/mol. The van der Waals surface area contributed by atoms with E-state index >= 15 is 0 Å². The number of amides is 1. The fourth-order valence-electron chi connectivity index (χ4n) is 3.29. The Hall–Kier alpha value is -1.79. The van der Waals surface area contributed by atoms with Gasteiger partial charge in [0.05, 0.1) is 27.0 Å². The van der Waals surface area contributed by atoms with Crippen LogP contribution in [0.5, 0.6) is 0 Å². The van der Waals surface area contributed by atoms with Gasteiger partial charge in [-0.05, 0) is 31.9 Å². The summed E-state index contributed by atoms with van der Waals surface area (Å²) in [6, 6.07) is 8.28. The Balaban J connectivity index is 1.66. The minimum atomic E-state index is 0.0916. The molecular weight excluding hydrogens is 350 g/mol. The third-order valence-corrected chi connectivity index (χ3v) is 7.19. The van der Waals surface area contributed by atoms with Crippen molar-refractivity contribution in [3.8, 4) is 0 Å². The van der Waals surface area contributed by atoms with E-state index in [1.807, 2.05) is 30.0 Å². The summed E-state index contributed by atoms with van der Waals surface area (Å²) in [6.45, 7) is 6.98. The smallest absolute Gasteiger partial charge is 0.266 e. The molecule has 1 aliphatic rings. The molecule has 0 saturated carbocycles. The lowest BCUT2D eigenvalue weighted by molar-refractivity contribution is 0.0739. The summed E-state index contributed by atoms with van der Waals surface area (Å²) in [6.07, 6.45) is 2.02. The first-order valence-electron chi connectivity index (χ1n) is 8.68. The van der Waals surface area contributed by atoms with Gasteiger partial charge in [0.1, 0.15) is 9.88 Å². The van der Waals surface area contributed by atoms with Crippen molar-refractivity contribution in [2.45, 2.75) is 45.6 Å². The molecule has 6 heteroatoms. The lowest BCUT2D eigenvalue weighted by atomic mass is 10.2. The topological polar surface area (TPSA) is 46.1 Å². The molecule has 1 amide bonds. The van der Waals surface area contributed by atoms with Gasteiger partial charge in [-0.1, -0.05) is 26.0 Å². The molecule has 1 fully saturated rings. The van der Waals surface area contributed by atoms with Crippen LogP contribution in [-0.2, 0) is 0 Å². The molecule has 0 spiro atoms. The van der Waals surface area contributed by atoms with Crippen molar-refractivity contribution >= 4 is 38.8 Å². The lowest BCUT2D eigenvalue weighted by Crippen LogP contribution is -2.30. The van der Waals surface area contributed by atoms with Crippen LogP contribution in [0.15, 0.2) is 24.3 Å². The van der Waals surface area contributed by atoms with Crippen LogP contribution in [-0.4, -0.2) is 27.3 Å². The summed E-state index contributed by atoms with van der Waals surface area (Å²) in [4.78, 5) is 25.3. The number of benzene rings is 1. The quantitative estimate of drug-likeness (QED) is 0.639. The molecule has 25 heavy (non-hydrogen) atoms. The van der Waals surface area contributed by atoms with Crippen LogP contribution in [0.2, 0.25) is 0 Å². The minimum absolute atomic E-state index is 0.0916. The molecule has 0 N–H and O–H groups in total. The summed E-state index contributed by atoms with van der Waals surface area (Å²) in [5.41, 5.74) is 1.88. The number of para-hydroxylation sites is 1. The van der Waals surface area contributed by atoms with Crippen LogP contribution >= 0.6 is 22.7 Å². The van der Waals surface area contributed by atoms with Crippen molar-refractivity contribution in [1.29, 1.82) is 0 Å². The molecule has 2 aromatic heterocycles. The number of fused-ring (bicyclic) bond motifs is 1. The highest BCUT2D eigenvalue weighted by Gasteiger charge is 2.34. The van der Waals surface area contributed by atoms with E-state index in [1.165, 1.54) is 4.70 Å². The Bertz CT molecular complexity index is 895. The van der Waals surface area contributed by atoms with Crippen LogP contribution in [0.3, 0.4) is 0 Å². The van der Waals surface area contributed by atoms with E-state index in [1.54, 1.807) is 22.7 Å². The average Bonchev–Trinajstić information content (AvgIpc) is 3.31. The number of hydrogen-bond donors (Lipinski definition) is 0. The summed E-state index contributed by atoms with van der Waals surface area (Å²) >= 11 is 3.25. The third-order valence-electron chi connectivity index (χ3n) is 4.61. The zero-order valence-electron chi connectivity index (χ0n) is 14.7. The SMILES string of the molecule is Cc1nc(C(C)C)sc1C(=O)N1CCCC1c1nc2ccccc2s1. The van der Waals surface area contributed by atoms with E-state index in [0.717, 1.165) is 45.5 Å². The second-order valence-electron chi connectivity index (χ2n) is 6.80. The molecule has 4 nitrogen and oxygen atoms in total. The van der Waals surface area contributed by atoms with Crippen LogP contribution in [0, 0.1) is 6.92 Å². The van der Waals surface area contributed by atoms with Gasteiger partial charge in [0.2, 0.25) is 0 Å². The van der Waals surface area contributed by atoms with Crippen LogP contribution in [0.1, 0.15) is 64.0 Å². The van der Waals surface area contributed by atoms with Crippen molar-refractivity contribution in [2.24, 2.45) is 0 Å². The standard InChI is InChI=1S/C19H21N3OS2/c1-11(2)17-20-12(3)16(25-17)19(23)22-10-6-8-14(22)18-21-13-7-4-5-9-15(13)24-18/h4-5,7,9,11,14H,6,8,10H2,1-3H3. The number of carbonyl (C=O) groups is 1. The van der Waals surface area contributed by atoms with Crippen LogP contribution in [0.4, 0.5) is 0 Å². The van der Waals surface area contributed by atoms with Crippen molar-refractivity contribution in [3.05, 3.63) is 44.9 Å². The van der Waals surface area contributed by atoms with Gasteiger partial charge in [-0.2, -0.15) is 0 Å². The number of nitrogens with zero attached hydrogens (tertiary/aromatic N) is 3. The summed E-state index contributed by atoms with van der Waals surface area (Å²) < 4.78 is 1.19. The summed E-state index contributed by atoms with van der Waals surface area (Å²) in [5, 5.41) is 2.09. The molecule has 1 saturated heterocycles. The first-order valence-corrected chi connectivity index (χ1v) is 10.3. The van der Waals surface area contributed by atoms with Gasteiger partial charge in [0, 0.05) is 12.5 Å². The molecule has 4 rings (SSSR count). The number of carbonyl (C=O) groups excluding carboxylic acids is 1. The maximum Gasteiger partial charge on any atom is 0.266 e. The number of hydrogen-bond acceptors (Lipinski definition) is 5. The second kappa shape index (κ2) is 6.50. The van der Waals surface area contributed by atoms with E-state index in [4.69, 9.17) is 4.98 Å². The predicted molar refractivity (Wildman–Crippen MR) is 104 cm³/mol. The molecule has 0 bridgehead atoms. The van der Waals surface area contributed by atoms with Crippen LogP contribution in [0.25, 0.3) is 10.2 Å². The molecule has 3 aromatic rings. The molecule has 1 atom stereocenters. The molecule has 130 valence electrons. The molecule has 0 radical (unpaired) electrons. The van der Waals surface area contributed by atoms with Gasteiger partial charge in [0.15, 0.2) is 0 Å². The van der Waals surface area contributed by atoms with Gasteiger partial charge < -0.3 is 4.90 Å². The van der Waals surface area contributed by atoms with Crippen molar-refractivity contribution in [2.75, 3.05) is 6.54 Å². The second-order valence-corrected chi connectivity index (χ2v) is 8.89. The number of thiazole rings is 2. The number of likely N-dealkylation sites (tertiary alicyclic amines) is 1. The monoisotopic (exact) mass is 371 g/mol. The Morgan fingerprint density at radius 3 is 2.76 bits per heavy atom. The fourth-order valence-corrected chi connectivity index (χ4v) is 5.43. The Kier molecular flexibility index (Phi) is 4.33. The first-order chi connectivity index (χ1) is 12.0. The Morgan fingerprint density at radius 2 is 2.04 bits per heavy atom. The van der Waals surface area contributed by atoms with Gasteiger partial charge in [-0.15, -0.1) is 22.7 Å². The lowest BCUT2D eigenvalue weighted by Gasteiger charge is -2.22. The zero-order chi connectivity index (χ0) is 17.6. The highest BCUT2D eigenvalue weighted by molar-refractivity contribution is 7.18. The molecule has 3 heterocycles. The summed E-state index contributed by atoms with van der Waals surface area (Å²) in [5.74, 6) is 0.465. The predicted octanol–water partition coefficient (Wildman–Crippen LogP) is 5.16. The third kappa shape index (κ3) is 2.98. The fraction of sp³-hybridized carbons (Fsp3) is 0.421. The molecule has 1 aromatic carbocycles. The summed E-state index contributed by atoms with van der Waals surface area (Å²) in [7, 11) is 0. The van der Waals surface area contributed by atoms with Crippen molar-refractivity contribution in [1.82, 2.24) is 14.9 Å². The maximum atomic E-state index is 13.2. The molecule has 1 aliphatic heterocycles. The van der Waals surface area contributed by atoms with Gasteiger partial charge in [-0.25, -0.2) is 9.97 Å². The highest BCUT2D eigenvalue weighted by atomic mass is 32.1. The van der Waals surface area contributed by atoms with E-state index in [0.29, 0.717) is 5.92 Å². The number of aromatic nitrogens is 2. The normalized spacial score (nSPS) is 17.8.